The van der Waals surface area contributed by atoms with E-state index < -0.39 is 0 Å². The fourth-order valence-corrected chi connectivity index (χ4v) is 3.10. The van der Waals surface area contributed by atoms with Gasteiger partial charge in [-0.05, 0) is 18.2 Å². The zero-order chi connectivity index (χ0) is 9.42. The molecule has 0 aliphatic rings. The molecule has 0 aliphatic carbocycles. The van der Waals surface area contributed by atoms with Crippen molar-refractivity contribution in [1.29, 1.82) is 0 Å². The van der Waals surface area contributed by atoms with Crippen LogP contribution in [0.5, 0.6) is 5.75 Å². The molecule has 0 radical (unpaired) electrons. The lowest BCUT2D eigenvalue weighted by atomic mass is 10.2. The Morgan fingerprint density at radius 1 is 1.38 bits per heavy atom. The van der Waals surface area contributed by atoms with Crippen molar-refractivity contribution in [3.05, 3.63) is 22.7 Å². The minimum atomic E-state index is 0.890. The van der Waals surface area contributed by atoms with Crippen molar-refractivity contribution in [2.45, 2.75) is 4.21 Å². The molecule has 1 nitrogen and oxygen atoms in total. The van der Waals surface area contributed by atoms with Crippen molar-refractivity contribution in [3.8, 4) is 5.75 Å². The molecule has 0 aliphatic heterocycles. The Bertz CT molecular complexity index is 450. The van der Waals surface area contributed by atoms with Crippen LogP contribution >= 0.6 is 39.9 Å². The van der Waals surface area contributed by atoms with Gasteiger partial charge >= 0.3 is 0 Å². The molecular weight excluding hydrogens is 268 g/mol. The summed E-state index contributed by atoms with van der Waals surface area (Å²) >= 11 is 9.40. The van der Waals surface area contributed by atoms with E-state index in [2.05, 4.69) is 34.6 Å². The number of rotatable bonds is 1. The summed E-state index contributed by atoms with van der Waals surface area (Å²) in [4.78, 5) is 0. The largest absolute Gasteiger partial charge is 0.496 e. The maximum atomic E-state index is 5.26. The van der Waals surface area contributed by atoms with Crippen molar-refractivity contribution < 1.29 is 4.74 Å². The third-order valence-corrected chi connectivity index (χ3v) is 3.52. The number of hydrogen-bond donors (Lipinski definition) is 1. The van der Waals surface area contributed by atoms with Crippen LogP contribution in [0.4, 0.5) is 0 Å². The normalized spacial score (nSPS) is 10.7. The van der Waals surface area contributed by atoms with Crippen LogP contribution in [0, 0.1) is 0 Å². The Kier molecular flexibility index (Phi) is 2.53. The van der Waals surface area contributed by atoms with Crippen LogP contribution < -0.4 is 4.74 Å². The first-order chi connectivity index (χ1) is 6.20. The predicted molar refractivity (Wildman–Crippen MR) is 63.3 cm³/mol. The lowest BCUT2D eigenvalue weighted by molar-refractivity contribution is 0.419. The summed E-state index contributed by atoms with van der Waals surface area (Å²) in [6.07, 6.45) is 0. The van der Waals surface area contributed by atoms with Gasteiger partial charge in [0.1, 0.15) is 5.75 Å². The second kappa shape index (κ2) is 3.52. The average molecular weight is 275 g/mol. The number of thiol groups is 1. The third kappa shape index (κ3) is 1.71. The Labute approximate surface area is 94.3 Å². The Morgan fingerprint density at radius 2 is 2.15 bits per heavy atom. The molecule has 0 spiro atoms. The van der Waals surface area contributed by atoms with E-state index in [1.165, 1.54) is 4.70 Å². The van der Waals surface area contributed by atoms with Crippen LogP contribution in [-0.2, 0) is 0 Å². The van der Waals surface area contributed by atoms with E-state index in [0.717, 1.165) is 19.8 Å². The number of hydrogen-bond acceptors (Lipinski definition) is 3. The molecule has 2 aromatic rings. The van der Waals surface area contributed by atoms with Crippen LogP contribution in [0.1, 0.15) is 0 Å². The molecule has 1 heterocycles. The summed E-state index contributed by atoms with van der Waals surface area (Å²) in [5.74, 6) is 0.890. The summed E-state index contributed by atoms with van der Waals surface area (Å²) in [7, 11) is 1.68. The van der Waals surface area contributed by atoms with Gasteiger partial charge < -0.3 is 4.74 Å². The van der Waals surface area contributed by atoms with E-state index in [1.54, 1.807) is 18.4 Å². The molecule has 1 aromatic heterocycles. The number of halogens is 1. The highest BCUT2D eigenvalue weighted by Crippen LogP contribution is 2.36. The summed E-state index contributed by atoms with van der Waals surface area (Å²) in [5.41, 5.74) is 0. The quantitative estimate of drug-likeness (QED) is 0.775. The molecule has 0 fully saturated rings. The van der Waals surface area contributed by atoms with Crippen LogP contribution in [-0.4, -0.2) is 7.11 Å². The number of fused-ring (bicyclic) bond motifs is 1. The molecule has 4 heteroatoms. The van der Waals surface area contributed by atoms with Crippen molar-refractivity contribution in [3.63, 3.8) is 0 Å². The number of ether oxygens (including phenoxy) is 1. The molecule has 1 aromatic carbocycles. The number of thiophene rings is 1. The van der Waals surface area contributed by atoms with E-state index in [-0.39, 0.29) is 0 Å². The zero-order valence-electron chi connectivity index (χ0n) is 6.87. The van der Waals surface area contributed by atoms with Gasteiger partial charge in [-0.1, -0.05) is 15.9 Å². The Hall–Kier alpha value is -0.190. The van der Waals surface area contributed by atoms with Crippen molar-refractivity contribution >= 4 is 50.0 Å². The number of benzene rings is 1. The molecule has 68 valence electrons. The van der Waals surface area contributed by atoms with Gasteiger partial charge in [-0.15, -0.1) is 24.0 Å². The van der Waals surface area contributed by atoms with Crippen LogP contribution in [0.2, 0.25) is 0 Å². The smallest absolute Gasteiger partial charge is 0.128 e. The van der Waals surface area contributed by atoms with Crippen LogP contribution in [0.15, 0.2) is 26.9 Å². The van der Waals surface area contributed by atoms with E-state index in [4.69, 9.17) is 4.74 Å². The first-order valence-corrected chi connectivity index (χ1v) is 5.72. The number of methoxy groups -OCH3 is 1. The fraction of sp³-hybridized carbons (Fsp3) is 0.111. The monoisotopic (exact) mass is 274 g/mol. The van der Waals surface area contributed by atoms with Crippen LogP contribution in [0.25, 0.3) is 10.1 Å². The zero-order valence-corrected chi connectivity index (χ0v) is 10.2. The molecular formula is C9H7BrOS2. The molecule has 13 heavy (non-hydrogen) atoms. The molecule has 0 atom stereocenters. The summed E-state index contributed by atoms with van der Waals surface area (Å²) < 4.78 is 8.50. The van der Waals surface area contributed by atoms with Crippen molar-refractivity contribution in [1.82, 2.24) is 0 Å². The van der Waals surface area contributed by atoms with Crippen molar-refractivity contribution in [2.75, 3.05) is 7.11 Å². The molecule has 0 bridgehead atoms. The molecule has 0 N–H and O–H groups in total. The minimum Gasteiger partial charge on any atom is -0.496 e. The second-order valence-electron chi connectivity index (χ2n) is 2.60. The summed E-state index contributed by atoms with van der Waals surface area (Å²) in [5, 5.41) is 1.13. The topological polar surface area (TPSA) is 9.23 Å². The van der Waals surface area contributed by atoms with Gasteiger partial charge in [0.2, 0.25) is 0 Å². The minimum absolute atomic E-state index is 0.890. The lowest BCUT2D eigenvalue weighted by Gasteiger charge is -2.01. The highest BCUT2D eigenvalue weighted by Gasteiger charge is 2.06. The van der Waals surface area contributed by atoms with Gasteiger partial charge in [-0.25, -0.2) is 0 Å². The molecule has 0 saturated heterocycles. The van der Waals surface area contributed by atoms with E-state index in [1.807, 2.05) is 12.1 Å². The van der Waals surface area contributed by atoms with E-state index >= 15 is 0 Å². The SMILES string of the molecule is COc1cc(Br)cc2sc(S)cc12. The highest BCUT2D eigenvalue weighted by atomic mass is 79.9. The Morgan fingerprint density at radius 3 is 2.85 bits per heavy atom. The van der Waals surface area contributed by atoms with E-state index in [0.29, 0.717) is 0 Å². The first kappa shape index (κ1) is 9.37. The molecule has 0 saturated carbocycles. The first-order valence-electron chi connectivity index (χ1n) is 3.67. The van der Waals surface area contributed by atoms with Gasteiger partial charge in [-0.3, -0.25) is 0 Å². The predicted octanol–water partition coefficient (Wildman–Crippen LogP) is 3.96. The van der Waals surface area contributed by atoms with Crippen molar-refractivity contribution in [2.24, 2.45) is 0 Å². The van der Waals surface area contributed by atoms with Gasteiger partial charge in [0.25, 0.3) is 0 Å². The van der Waals surface area contributed by atoms with Gasteiger partial charge in [-0.2, -0.15) is 0 Å². The summed E-state index contributed by atoms with van der Waals surface area (Å²) in [6, 6.07) is 6.05. The second-order valence-corrected chi connectivity index (χ2v) is 5.39. The maximum Gasteiger partial charge on any atom is 0.128 e. The van der Waals surface area contributed by atoms with Gasteiger partial charge in [0.05, 0.1) is 11.3 Å². The van der Waals surface area contributed by atoms with Gasteiger partial charge in [0, 0.05) is 14.6 Å². The van der Waals surface area contributed by atoms with Gasteiger partial charge in [0.15, 0.2) is 0 Å². The molecule has 0 amide bonds. The molecule has 2 rings (SSSR count). The molecule has 0 unspecified atom stereocenters. The average Bonchev–Trinajstić information content (AvgIpc) is 2.43. The Balaban J connectivity index is 2.80. The van der Waals surface area contributed by atoms with Crippen LogP contribution in [0.3, 0.4) is 0 Å². The van der Waals surface area contributed by atoms with E-state index in [9.17, 15) is 0 Å². The third-order valence-electron chi connectivity index (χ3n) is 1.77. The highest BCUT2D eigenvalue weighted by molar-refractivity contribution is 9.10. The standard InChI is InChI=1S/C9H7BrOS2/c1-11-7-2-5(10)3-8-6(7)4-9(12)13-8/h2-4,12H,1H3. The lowest BCUT2D eigenvalue weighted by Crippen LogP contribution is -1.82. The maximum absolute atomic E-state index is 5.26. The summed E-state index contributed by atoms with van der Waals surface area (Å²) in [6.45, 7) is 0. The fourth-order valence-electron chi connectivity index (χ4n) is 1.23.